The van der Waals surface area contributed by atoms with Crippen molar-refractivity contribution in [2.24, 2.45) is 0 Å². The van der Waals surface area contributed by atoms with Gasteiger partial charge in [-0.25, -0.2) is 8.42 Å². The summed E-state index contributed by atoms with van der Waals surface area (Å²) in [6.45, 7) is 2.00. The molecule has 4 rings (SSSR count). The molecule has 0 radical (unpaired) electrons. The second-order valence-corrected chi connectivity index (χ2v) is 7.44. The van der Waals surface area contributed by atoms with Crippen LogP contribution < -0.4 is 14.8 Å². The molecular weight excluding hydrogens is 338 g/mol. The van der Waals surface area contributed by atoms with E-state index in [-0.39, 0.29) is 4.90 Å². The molecule has 7 heteroatoms. The highest BCUT2D eigenvalue weighted by Gasteiger charge is 2.19. The van der Waals surface area contributed by atoms with E-state index < -0.39 is 10.0 Å². The summed E-state index contributed by atoms with van der Waals surface area (Å²) in [5.41, 5.74) is 1.88. The van der Waals surface area contributed by atoms with Gasteiger partial charge < -0.3 is 10.1 Å². The molecule has 0 saturated heterocycles. The molecule has 2 aromatic carbocycles. The molecule has 2 heterocycles. The van der Waals surface area contributed by atoms with E-state index in [2.05, 4.69) is 15.0 Å². The highest BCUT2D eigenvalue weighted by molar-refractivity contribution is 7.93. The van der Waals surface area contributed by atoms with Crippen LogP contribution in [0.2, 0.25) is 0 Å². The van der Waals surface area contributed by atoms with Gasteiger partial charge in [-0.1, -0.05) is 18.2 Å². The van der Waals surface area contributed by atoms with Gasteiger partial charge in [0.25, 0.3) is 10.0 Å². The molecule has 0 saturated carbocycles. The number of nitrogens with one attached hydrogen (secondary N) is 2. The van der Waals surface area contributed by atoms with Gasteiger partial charge in [0.15, 0.2) is 0 Å². The molecule has 1 aliphatic rings. The molecule has 2 N–H and O–H groups in total. The summed E-state index contributed by atoms with van der Waals surface area (Å²) in [7, 11) is -3.75. The van der Waals surface area contributed by atoms with E-state index in [1.807, 2.05) is 12.1 Å². The number of rotatable bonds is 3. The number of benzene rings is 2. The van der Waals surface area contributed by atoms with E-state index in [0.29, 0.717) is 24.4 Å². The van der Waals surface area contributed by atoms with Gasteiger partial charge in [0.1, 0.15) is 17.3 Å². The third kappa shape index (κ3) is 3.16. The van der Waals surface area contributed by atoms with E-state index in [9.17, 15) is 8.42 Å². The standard InChI is InChI=1S/C18H17N3O3S/c22-25(23,17-5-1-3-13-4-2-8-20-18(13)17)21-15-6-7-16-14(11-15)12-19-9-10-24-16/h1-8,11,19,21H,9-10,12H2. The monoisotopic (exact) mass is 355 g/mol. The minimum atomic E-state index is -3.75. The minimum Gasteiger partial charge on any atom is -0.492 e. The van der Waals surface area contributed by atoms with Gasteiger partial charge in [-0.05, 0) is 30.3 Å². The Morgan fingerprint density at radius 3 is 2.92 bits per heavy atom. The van der Waals surface area contributed by atoms with Crippen LogP contribution in [-0.4, -0.2) is 26.6 Å². The zero-order valence-electron chi connectivity index (χ0n) is 13.4. The first-order valence-electron chi connectivity index (χ1n) is 7.96. The van der Waals surface area contributed by atoms with Crippen molar-refractivity contribution in [2.45, 2.75) is 11.4 Å². The van der Waals surface area contributed by atoms with E-state index in [1.165, 1.54) is 0 Å². The molecule has 6 nitrogen and oxygen atoms in total. The van der Waals surface area contributed by atoms with Gasteiger partial charge >= 0.3 is 0 Å². The normalized spacial score (nSPS) is 14.4. The van der Waals surface area contributed by atoms with Crippen LogP contribution in [0.5, 0.6) is 5.75 Å². The second-order valence-electron chi connectivity index (χ2n) is 5.78. The molecule has 0 fully saturated rings. The van der Waals surface area contributed by atoms with E-state index in [0.717, 1.165) is 23.2 Å². The average Bonchev–Trinajstić information content (AvgIpc) is 2.86. The Morgan fingerprint density at radius 1 is 1.12 bits per heavy atom. The lowest BCUT2D eigenvalue weighted by Crippen LogP contribution is -2.16. The number of sulfonamides is 1. The van der Waals surface area contributed by atoms with Crippen LogP contribution in [0.3, 0.4) is 0 Å². The molecule has 0 unspecified atom stereocenters. The number of anilines is 1. The van der Waals surface area contributed by atoms with Crippen molar-refractivity contribution in [3.8, 4) is 5.75 Å². The largest absolute Gasteiger partial charge is 0.492 e. The fraction of sp³-hybridized carbons (Fsp3) is 0.167. The van der Waals surface area contributed by atoms with Gasteiger partial charge in [0.05, 0.1) is 5.52 Å². The quantitative estimate of drug-likeness (QED) is 0.755. The molecule has 0 spiro atoms. The lowest BCUT2D eigenvalue weighted by atomic mass is 10.2. The number of fused-ring (bicyclic) bond motifs is 2. The Kier molecular flexibility index (Phi) is 4.03. The van der Waals surface area contributed by atoms with Gasteiger partial charge in [0.2, 0.25) is 0 Å². The first-order chi connectivity index (χ1) is 12.1. The van der Waals surface area contributed by atoms with Crippen molar-refractivity contribution in [1.29, 1.82) is 0 Å². The fourth-order valence-electron chi connectivity index (χ4n) is 2.88. The first kappa shape index (κ1) is 15.9. The summed E-state index contributed by atoms with van der Waals surface area (Å²) in [5, 5.41) is 4.02. The Hall–Kier alpha value is -2.64. The van der Waals surface area contributed by atoms with E-state index >= 15 is 0 Å². The van der Waals surface area contributed by atoms with Gasteiger partial charge in [-0.2, -0.15) is 0 Å². The number of ether oxygens (including phenoxy) is 1. The predicted octanol–water partition coefficient (Wildman–Crippen LogP) is 2.52. The van der Waals surface area contributed by atoms with Crippen molar-refractivity contribution < 1.29 is 13.2 Å². The van der Waals surface area contributed by atoms with E-state index in [4.69, 9.17) is 4.74 Å². The van der Waals surface area contributed by atoms with Crippen molar-refractivity contribution in [3.63, 3.8) is 0 Å². The van der Waals surface area contributed by atoms with Crippen LogP contribution in [-0.2, 0) is 16.6 Å². The predicted molar refractivity (Wildman–Crippen MR) is 96.2 cm³/mol. The first-order valence-corrected chi connectivity index (χ1v) is 9.45. The Bertz CT molecular complexity index is 1030. The molecule has 25 heavy (non-hydrogen) atoms. The molecule has 3 aromatic rings. The maximum atomic E-state index is 12.9. The summed E-state index contributed by atoms with van der Waals surface area (Å²) in [6, 6.07) is 14.0. The van der Waals surface area contributed by atoms with Gasteiger partial charge in [-0.15, -0.1) is 0 Å². The smallest absolute Gasteiger partial charge is 0.264 e. The van der Waals surface area contributed by atoms with E-state index in [1.54, 1.807) is 42.6 Å². The molecule has 0 atom stereocenters. The van der Waals surface area contributed by atoms with Crippen LogP contribution in [0.25, 0.3) is 10.9 Å². The Balaban J connectivity index is 1.71. The number of hydrogen-bond donors (Lipinski definition) is 2. The van der Waals surface area contributed by atoms with Crippen LogP contribution in [0.1, 0.15) is 5.56 Å². The number of nitrogens with zero attached hydrogens (tertiary/aromatic N) is 1. The van der Waals surface area contributed by atoms with Crippen LogP contribution in [0.4, 0.5) is 5.69 Å². The fourth-order valence-corrected chi connectivity index (χ4v) is 4.11. The van der Waals surface area contributed by atoms with Crippen molar-refractivity contribution in [1.82, 2.24) is 10.3 Å². The van der Waals surface area contributed by atoms with Crippen LogP contribution in [0, 0.1) is 0 Å². The molecule has 0 bridgehead atoms. The van der Waals surface area contributed by atoms with Crippen molar-refractivity contribution >= 4 is 26.6 Å². The highest BCUT2D eigenvalue weighted by Crippen LogP contribution is 2.27. The Labute approximate surface area is 145 Å². The minimum absolute atomic E-state index is 0.162. The number of aromatic nitrogens is 1. The SMILES string of the molecule is O=S(=O)(Nc1ccc2c(c1)CNCCO2)c1cccc2cccnc12. The number of hydrogen-bond acceptors (Lipinski definition) is 5. The summed E-state index contributed by atoms with van der Waals surface area (Å²) in [6.07, 6.45) is 1.59. The zero-order valence-corrected chi connectivity index (χ0v) is 14.2. The summed E-state index contributed by atoms with van der Waals surface area (Å²) in [5.74, 6) is 0.778. The zero-order chi connectivity index (χ0) is 17.3. The van der Waals surface area contributed by atoms with Crippen LogP contribution >= 0.6 is 0 Å². The summed E-state index contributed by atoms with van der Waals surface area (Å²) in [4.78, 5) is 4.38. The number of pyridine rings is 1. The molecule has 0 amide bonds. The summed E-state index contributed by atoms with van der Waals surface area (Å²) >= 11 is 0. The van der Waals surface area contributed by atoms with Gasteiger partial charge in [-0.3, -0.25) is 9.71 Å². The molecular formula is C18H17N3O3S. The highest BCUT2D eigenvalue weighted by atomic mass is 32.2. The van der Waals surface area contributed by atoms with Crippen LogP contribution in [0.15, 0.2) is 59.6 Å². The maximum absolute atomic E-state index is 12.9. The summed E-state index contributed by atoms with van der Waals surface area (Å²) < 4.78 is 34.0. The molecule has 1 aromatic heterocycles. The second kappa shape index (κ2) is 6.34. The lowest BCUT2D eigenvalue weighted by Gasteiger charge is -2.12. The topological polar surface area (TPSA) is 80.3 Å². The van der Waals surface area contributed by atoms with Crippen molar-refractivity contribution in [3.05, 3.63) is 60.3 Å². The molecule has 1 aliphatic heterocycles. The molecule has 128 valence electrons. The lowest BCUT2D eigenvalue weighted by molar-refractivity contribution is 0.326. The van der Waals surface area contributed by atoms with Gasteiger partial charge in [0, 0.05) is 35.9 Å². The number of para-hydroxylation sites is 1. The Morgan fingerprint density at radius 2 is 2.00 bits per heavy atom. The average molecular weight is 355 g/mol. The third-order valence-electron chi connectivity index (χ3n) is 4.05. The third-order valence-corrected chi connectivity index (χ3v) is 5.46. The van der Waals surface area contributed by atoms with Crippen molar-refractivity contribution in [2.75, 3.05) is 17.9 Å². The maximum Gasteiger partial charge on any atom is 0.264 e. The molecule has 0 aliphatic carbocycles.